The number of hydrogen-bond acceptors (Lipinski definition) is 1. The first-order valence-electron chi connectivity index (χ1n) is 4.78. The Morgan fingerprint density at radius 3 is 2.23 bits per heavy atom. The fourth-order valence-electron chi connectivity index (χ4n) is 0.845. The smallest absolute Gasteiger partial charge is 0.0908 e. The Morgan fingerprint density at radius 2 is 1.62 bits per heavy atom. The molecule has 0 aromatic rings. The maximum Gasteiger partial charge on any atom is 0.0908 e. The molecule has 0 aromatic carbocycles. The number of unbranched alkanes of at least 4 members (excludes halogenated alkanes) is 2. The van der Waals surface area contributed by atoms with E-state index >= 15 is 0 Å². The molecule has 0 N–H and O–H groups in total. The molecule has 0 spiro atoms. The van der Waals surface area contributed by atoms with Crippen LogP contribution in [0.25, 0.3) is 0 Å². The third kappa shape index (κ3) is 10.7. The summed E-state index contributed by atoms with van der Waals surface area (Å²) >= 11 is 0. The summed E-state index contributed by atoms with van der Waals surface area (Å²) in [6.45, 7) is 2.17. The van der Waals surface area contributed by atoms with E-state index in [9.17, 15) is 0 Å². The molecule has 0 unspecified atom stereocenters. The van der Waals surface area contributed by atoms with Crippen LogP contribution in [0.2, 0.25) is 0 Å². The summed E-state index contributed by atoms with van der Waals surface area (Å²) in [6, 6.07) is 1.97. The quantitative estimate of drug-likeness (QED) is 0.342. The largest absolute Gasteiger partial charge is 0.193 e. The average Bonchev–Trinajstić information content (AvgIpc) is 2.16. The standard InChI is InChI=1S/C12H17N/c1-2-3-4-5-6-7-8-9-10-11-12-13/h4-7,10-11H,2-3,8-9H2,1H3/b5-4+,7-6+,11-10+. The summed E-state index contributed by atoms with van der Waals surface area (Å²) in [5.41, 5.74) is 0. The van der Waals surface area contributed by atoms with Crippen molar-refractivity contribution in [3.63, 3.8) is 0 Å². The zero-order valence-corrected chi connectivity index (χ0v) is 8.24. The van der Waals surface area contributed by atoms with Crippen LogP contribution in [0.3, 0.4) is 0 Å². The second kappa shape index (κ2) is 10.7. The second-order valence-electron chi connectivity index (χ2n) is 2.75. The zero-order valence-electron chi connectivity index (χ0n) is 8.24. The van der Waals surface area contributed by atoms with Crippen LogP contribution in [0.1, 0.15) is 32.6 Å². The number of hydrogen-bond donors (Lipinski definition) is 0. The summed E-state index contributed by atoms with van der Waals surface area (Å²) in [4.78, 5) is 0. The molecular formula is C12H17N. The van der Waals surface area contributed by atoms with Crippen molar-refractivity contribution in [2.45, 2.75) is 32.6 Å². The molecule has 0 saturated heterocycles. The topological polar surface area (TPSA) is 23.8 Å². The highest BCUT2D eigenvalue weighted by Gasteiger charge is 1.74. The molecular weight excluding hydrogens is 158 g/mol. The molecule has 13 heavy (non-hydrogen) atoms. The van der Waals surface area contributed by atoms with E-state index in [1.807, 2.05) is 12.1 Å². The Bertz CT molecular complexity index is 216. The molecule has 0 atom stereocenters. The van der Waals surface area contributed by atoms with Gasteiger partial charge in [-0.05, 0) is 19.3 Å². The van der Waals surface area contributed by atoms with Gasteiger partial charge in [-0.25, -0.2) is 0 Å². The van der Waals surface area contributed by atoms with E-state index in [4.69, 9.17) is 5.26 Å². The predicted octanol–water partition coefficient (Wildman–Crippen LogP) is 3.76. The Kier molecular flexibility index (Phi) is 9.65. The third-order valence-corrected chi connectivity index (χ3v) is 1.53. The van der Waals surface area contributed by atoms with Crippen LogP contribution >= 0.6 is 0 Å². The highest BCUT2D eigenvalue weighted by atomic mass is 14.2. The molecule has 0 saturated carbocycles. The van der Waals surface area contributed by atoms with Crippen molar-refractivity contribution in [2.24, 2.45) is 0 Å². The highest BCUT2D eigenvalue weighted by molar-refractivity contribution is 5.05. The van der Waals surface area contributed by atoms with Crippen molar-refractivity contribution in [1.29, 1.82) is 5.26 Å². The van der Waals surface area contributed by atoms with Crippen molar-refractivity contribution in [3.05, 3.63) is 36.5 Å². The van der Waals surface area contributed by atoms with E-state index in [2.05, 4.69) is 31.2 Å². The van der Waals surface area contributed by atoms with Crippen molar-refractivity contribution < 1.29 is 0 Å². The molecule has 0 aliphatic rings. The SMILES string of the molecule is CCC/C=C/C=C/CC/C=C/C#N. The number of nitrogens with zero attached hydrogens (tertiary/aromatic N) is 1. The molecule has 0 aromatic heterocycles. The molecule has 1 heteroatoms. The van der Waals surface area contributed by atoms with E-state index < -0.39 is 0 Å². The summed E-state index contributed by atoms with van der Waals surface area (Å²) in [7, 11) is 0. The van der Waals surface area contributed by atoms with Crippen LogP contribution in [0.15, 0.2) is 36.5 Å². The summed E-state index contributed by atoms with van der Waals surface area (Å²) in [5, 5.41) is 8.20. The fourth-order valence-corrected chi connectivity index (χ4v) is 0.845. The van der Waals surface area contributed by atoms with E-state index in [1.165, 1.54) is 12.5 Å². The Labute approximate surface area is 81.1 Å². The molecule has 0 aliphatic heterocycles. The molecule has 0 heterocycles. The van der Waals surface area contributed by atoms with Crippen molar-refractivity contribution in [2.75, 3.05) is 0 Å². The van der Waals surface area contributed by atoms with Crippen molar-refractivity contribution in [1.82, 2.24) is 0 Å². The van der Waals surface area contributed by atoms with Gasteiger partial charge in [-0.2, -0.15) is 5.26 Å². The van der Waals surface area contributed by atoms with Crippen molar-refractivity contribution in [3.8, 4) is 6.07 Å². The third-order valence-electron chi connectivity index (χ3n) is 1.53. The lowest BCUT2D eigenvalue weighted by molar-refractivity contribution is 0.958. The minimum absolute atomic E-state index is 0.950. The van der Waals surface area contributed by atoms with Crippen LogP contribution in [0.5, 0.6) is 0 Å². The maximum absolute atomic E-state index is 8.20. The summed E-state index contributed by atoms with van der Waals surface area (Å²) in [5.74, 6) is 0. The maximum atomic E-state index is 8.20. The molecule has 0 fully saturated rings. The van der Waals surface area contributed by atoms with Gasteiger partial charge in [0.15, 0.2) is 0 Å². The van der Waals surface area contributed by atoms with Gasteiger partial charge in [0.2, 0.25) is 0 Å². The van der Waals surface area contributed by atoms with E-state index in [1.54, 1.807) is 0 Å². The van der Waals surface area contributed by atoms with E-state index in [-0.39, 0.29) is 0 Å². The van der Waals surface area contributed by atoms with Gasteiger partial charge in [-0.1, -0.05) is 43.7 Å². The molecule has 0 aliphatic carbocycles. The lowest BCUT2D eigenvalue weighted by atomic mass is 10.2. The molecule has 0 amide bonds. The number of nitriles is 1. The minimum Gasteiger partial charge on any atom is -0.193 e. The van der Waals surface area contributed by atoms with Gasteiger partial charge in [-0.3, -0.25) is 0 Å². The first-order chi connectivity index (χ1) is 6.41. The van der Waals surface area contributed by atoms with Crippen molar-refractivity contribution >= 4 is 0 Å². The van der Waals surface area contributed by atoms with Crippen LogP contribution in [0.4, 0.5) is 0 Å². The number of allylic oxidation sites excluding steroid dienone is 6. The molecule has 0 radical (unpaired) electrons. The first kappa shape index (κ1) is 11.7. The van der Waals surface area contributed by atoms with Crippen LogP contribution in [-0.2, 0) is 0 Å². The summed E-state index contributed by atoms with van der Waals surface area (Å²) < 4.78 is 0. The second-order valence-corrected chi connectivity index (χ2v) is 2.75. The van der Waals surface area contributed by atoms with Gasteiger partial charge in [0, 0.05) is 6.08 Å². The fraction of sp³-hybridized carbons (Fsp3) is 0.417. The van der Waals surface area contributed by atoms with Crippen LogP contribution in [0, 0.1) is 11.3 Å². The molecule has 1 nitrogen and oxygen atoms in total. The Hall–Kier alpha value is -1.29. The first-order valence-corrected chi connectivity index (χ1v) is 4.78. The highest BCUT2D eigenvalue weighted by Crippen LogP contribution is 1.94. The van der Waals surface area contributed by atoms with Gasteiger partial charge in [0.25, 0.3) is 0 Å². The Morgan fingerprint density at radius 1 is 1.00 bits per heavy atom. The monoisotopic (exact) mass is 175 g/mol. The predicted molar refractivity (Wildman–Crippen MR) is 57.2 cm³/mol. The molecule has 0 rings (SSSR count). The molecule has 0 bridgehead atoms. The summed E-state index contributed by atoms with van der Waals surface area (Å²) in [6.07, 6.45) is 16.2. The van der Waals surface area contributed by atoms with E-state index in [0.29, 0.717) is 0 Å². The normalized spacial score (nSPS) is 11.7. The lowest BCUT2D eigenvalue weighted by Gasteiger charge is -1.83. The van der Waals surface area contributed by atoms with Gasteiger partial charge < -0.3 is 0 Å². The Balaban J connectivity index is 3.32. The zero-order chi connectivity index (χ0) is 9.78. The minimum atomic E-state index is 0.950. The van der Waals surface area contributed by atoms with Crippen LogP contribution < -0.4 is 0 Å². The average molecular weight is 175 g/mol. The van der Waals surface area contributed by atoms with Gasteiger partial charge in [0.05, 0.1) is 6.07 Å². The molecule has 70 valence electrons. The van der Waals surface area contributed by atoms with Crippen LogP contribution in [-0.4, -0.2) is 0 Å². The van der Waals surface area contributed by atoms with Gasteiger partial charge in [0.1, 0.15) is 0 Å². The van der Waals surface area contributed by atoms with Gasteiger partial charge in [-0.15, -0.1) is 0 Å². The van der Waals surface area contributed by atoms with Gasteiger partial charge >= 0.3 is 0 Å². The lowest BCUT2D eigenvalue weighted by Crippen LogP contribution is -1.63. The van der Waals surface area contributed by atoms with E-state index in [0.717, 1.165) is 19.3 Å². The number of rotatable bonds is 6.